The topological polar surface area (TPSA) is 71.8 Å². The van der Waals surface area contributed by atoms with Gasteiger partial charge in [0.15, 0.2) is 0 Å². The van der Waals surface area contributed by atoms with Gasteiger partial charge in [0.25, 0.3) is 0 Å². The van der Waals surface area contributed by atoms with Crippen molar-refractivity contribution in [3.63, 3.8) is 0 Å². The monoisotopic (exact) mass is 419 g/mol. The van der Waals surface area contributed by atoms with Crippen molar-refractivity contribution in [2.75, 3.05) is 10.7 Å². The Bertz CT molecular complexity index is 1040. The van der Waals surface area contributed by atoms with Crippen molar-refractivity contribution in [3.05, 3.63) is 71.5 Å². The Morgan fingerprint density at radius 1 is 1.10 bits per heavy atom. The molecule has 1 aromatic heterocycles. The van der Waals surface area contributed by atoms with Crippen LogP contribution in [0, 0.1) is 6.92 Å². The second-order valence-electron chi connectivity index (χ2n) is 6.45. The molecule has 2 heterocycles. The molecule has 150 valence electrons. The van der Waals surface area contributed by atoms with Crippen molar-refractivity contribution >= 4 is 23.4 Å². The largest absolute Gasteiger partial charge is 0.418 e. The fourth-order valence-electron chi connectivity index (χ4n) is 3.11. The van der Waals surface area contributed by atoms with Crippen LogP contribution < -0.4 is 10.7 Å². The standard InChI is InChI=1S/C19H16F3N5OS/c1-11-24-25-18-27(11)26-15(12-7-3-2-4-8-12)16(29-18)17(28)23-14-10-6-5-9-13(14)19(20,21)22/h2-10,15-16,26H,1H3,(H,23,28)/t15-,16-/m1/s1. The summed E-state index contributed by atoms with van der Waals surface area (Å²) in [6.45, 7) is 1.77. The molecule has 1 aliphatic heterocycles. The number of carbonyl (C=O) groups is 1. The molecule has 2 N–H and O–H groups in total. The number of nitrogens with zero attached hydrogens (tertiary/aromatic N) is 3. The molecular weight excluding hydrogens is 403 g/mol. The first kappa shape index (κ1) is 19.3. The summed E-state index contributed by atoms with van der Waals surface area (Å²) in [5.74, 6) is 0.0645. The van der Waals surface area contributed by atoms with Gasteiger partial charge in [-0.25, -0.2) is 4.68 Å². The maximum atomic E-state index is 13.3. The summed E-state index contributed by atoms with van der Waals surface area (Å²) in [4.78, 5) is 13.1. The van der Waals surface area contributed by atoms with Crippen LogP contribution in [0.4, 0.5) is 18.9 Å². The Balaban J connectivity index is 1.68. The third kappa shape index (κ3) is 3.80. The van der Waals surface area contributed by atoms with E-state index in [0.717, 1.165) is 23.4 Å². The van der Waals surface area contributed by atoms with Crippen LogP contribution in [-0.4, -0.2) is 26.0 Å². The summed E-state index contributed by atoms with van der Waals surface area (Å²) in [5, 5.41) is 10.2. The van der Waals surface area contributed by atoms with Gasteiger partial charge in [-0.15, -0.1) is 10.2 Å². The normalized spacial score (nSPS) is 18.6. The number of rotatable bonds is 3. The molecule has 10 heteroatoms. The first-order valence-electron chi connectivity index (χ1n) is 8.72. The number of nitrogens with one attached hydrogen (secondary N) is 2. The van der Waals surface area contributed by atoms with Gasteiger partial charge in [0.2, 0.25) is 11.1 Å². The fourth-order valence-corrected chi connectivity index (χ4v) is 4.24. The van der Waals surface area contributed by atoms with Crippen molar-refractivity contribution in [2.24, 2.45) is 0 Å². The molecule has 0 radical (unpaired) electrons. The number of thioether (sulfide) groups is 1. The Morgan fingerprint density at radius 2 is 1.79 bits per heavy atom. The van der Waals surface area contributed by atoms with Crippen LogP contribution in [0.3, 0.4) is 0 Å². The molecule has 0 fully saturated rings. The molecule has 4 rings (SSSR count). The number of amides is 1. The molecule has 3 aromatic rings. The molecule has 0 bridgehead atoms. The molecule has 0 saturated carbocycles. The van der Waals surface area contributed by atoms with Gasteiger partial charge in [-0.3, -0.25) is 4.79 Å². The molecule has 6 nitrogen and oxygen atoms in total. The number of aryl methyl sites for hydroxylation is 1. The van der Waals surface area contributed by atoms with E-state index in [1.54, 1.807) is 11.6 Å². The summed E-state index contributed by atoms with van der Waals surface area (Å²) in [6, 6.07) is 13.7. The number of hydrogen-bond acceptors (Lipinski definition) is 5. The molecule has 1 amide bonds. The zero-order chi connectivity index (χ0) is 20.6. The predicted octanol–water partition coefficient (Wildman–Crippen LogP) is 4.00. The highest BCUT2D eigenvalue weighted by molar-refractivity contribution is 8.00. The summed E-state index contributed by atoms with van der Waals surface area (Å²) in [5.41, 5.74) is 2.86. The summed E-state index contributed by atoms with van der Waals surface area (Å²) < 4.78 is 41.6. The number of para-hydroxylation sites is 1. The van der Waals surface area contributed by atoms with Gasteiger partial charge < -0.3 is 10.7 Å². The van der Waals surface area contributed by atoms with Crippen LogP contribution in [0.25, 0.3) is 0 Å². The van der Waals surface area contributed by atoms with E-state index in [1.165, 1.54) is 18.2 Å². The Morgan fingerprint density at radius 3 is 2.52 bits per heavy atom. The van der Waals surface area contributed by atoms with Crippen molar-refractivity contribution in [1.29, 1.82) is 0 Å². The second kappa shape index (κ2) is 7.43. The number of benzene rings is 2. The highest BCUT2D eigenvalue weighted by Gasteiger charge is 2.39. The lowest BCUT2D eigenvalue weighted by atomic mass is 10.0. The zero-order valence-electron chi connectivity index (χ0n) is 15.1. The van der Waals surface area contributed by atoms with Gasteiger partial charge in [-0.05, 0) is 24.6 Å². The first-order chi connectivity index (χ1) is 13.8. The van der Waals surface area contributed by atoms with Gasteiger partial charge in [-0.2, -0.15) is 13.2 Å². The smallest absolute Gasteiger partial charge is 0.324 e. The minimum absolute atomic E-state index is 0.277. The minimum Gasteiger partial charge on any atom is -0.324 e. The molecule has 0 aliphatic carbocycles. The molecular formula is C19H16F3N5OS. The number of halogens is 3. The van der Waals surface area contributed by atoms with E-state index in [2.05, 4.69) is 20.9 Å². The van der Waals surface area contributed by atoms with E-state index >= 15 is 0 Å². The molecule has 2 aromatic carbocycles. The average molecular weight is 419 g/mol. The number of fused-ring (bicyclic) bond motifs is 1. The lowest BCUT2D eigenvalue weighted by Gasteiger charge is -2.32. The number of aromatic nitrogens is 3. The average Bonchev–Trinajstić information content (AvgIpc) is 3.07. The molecule has 0 spiro atoms. The van der Waals surface area contributed by atoms with Crippen LogP contribution in [0.15, 0.2) is 59.8 Å². The van der Waals surface area contributed by atoms with Gasteiger partial charge >= 0.3 is 6.18 Å². The van der Waals surface area contributed by atoms with Crippen LogP contribution in [0.2, 0.25) is 0 Å². The summed E-state index contributed by atoms with van der Waals surface area (Å²) in [7, 11) is 0. The first-order valence-corrected chi connectivity index (χ1v) is 9.60. The molecule has 29 heavy (non-hydrogen) atoms. The fraction of sp³-hybridized carbons (Fsp3) is 0.211. The Hall–Kier alpha value is -3.01. The zero-order valence-corrected chi connectivity index (χ0v) is 16.0. The lowest BCUT2D eigenvalue weighted by molar-refractivity contribution is -0.137. The van der Waals surface area contributed by atoms with Gasteiger partial charge in [-0.1, -0.05) is 54.2 Å². The van der Waals surface area contributed by atoms with Gasteiger partial charge in [0.05, 0.1) is 17.3 Å². The van der Waals surface area contributed by atoms with Crippen molar-refractivity contribution in [2.45, 2.75) is 29.5 Å². The number of anilines is 1. The maximum Gasteiger partial charge on any atom is 0.418 e. The molecule has 2 atom stereocenters. The van der Waals surface area contributed by atoms with E-state index in [-0.39, 0.29) is 5.69 Å². The number of alkyl halides is 3. The van der Waals surface area contributed by atoms with Gasteiger partial charge in [0, 0.05) is 0 Å². The third-order valence-corrected chi connectivity index (χ3v) is 5.72. The Labute approximate surface area is 168 Å². The maximum absolute atomic E-state index is 13.3. The lowest BCUT2D eigenvalue weighted by Crippen LogP contribution is -2.41. The van der Waals surface area contributed by atoms with E-state index in [1.807, 2.05) is 30.3 Å². The van der Waals surface area contributed by atoms with E-state index in [0.29, 0.717) is 11.0 Å². The van der Waals surface area contributed by atoms with E-state index in [9.17, 15) is 18.0 Å². The number of hydrogen-bond donors (Lipinski definition) is 2. The van der Waals surface area contributed by atoms with Crippen LogP contribution in [-0.2, 0) is 11.0 Å². The van der Waals surface area contributed by atoms with E-state index in [4.69, 9.17) is 0 Å². The predicted molar refractivity (Wildman–Crippen MR) is 103 cm³/mol. The van der Waals surface area contributed by atoms with Crippen molar-refractivity contribution in [3.8, 4) is 0 Å². The highest BCUT2D eigenvalue weighted by Crippen LogP contribution is 2.39. The van der Waals surface area contributed by atoms with Crippen molar-refractivity contribution < 1.29 is 18.0 Å². The summed E-state index contributed by atoms with van der Waals surface area (Å²) >= 11 is 1.16. The molecule has 1 aliphatic rings. The Kier molecular flexibility index (Phi) is 4.95. The van der Waals surface area contributed by atoms with Crippen LogP contribution in [0.1, 0.15) is 23.0 Å². The third-order valence-electron chi connectivity index (χ3n) is 4.51. The highest BCUT2D eigenvalue weighted by atomic mass is 32.2. The van der Waals surface area contributed by atoms with Crippen LogP contribution in [0.5, 0.6) is 0 Å². The van der Waals surface area contributed by atoms with Crippen LogP contribution >= 0.6 is 11.8 Å². The number of carbonyl (C=O) groups excluding carboxylic acids is 1. The SMILES string of the molecule is Cc1nnc2n1N[C@H](c1ccccc1)[C@H](C(=O)Nc1ccccc1C(F)(F)F)S2. The molecule has 0 saturated heterocycles. The van der Waals surface area contributed by atoms with Gasteiger partial charge in [0.1, 0.15) is 11.1 Å². The van der Waals surface area contributed by atoms with Crippen molar-refractivity contribution in [1.82, 2.24) is 14.9 Å². The quantitative estimate of drug-likeness (QED) is 0.672. The van der Waals surface area contributed by atoms with E-state index < -0.39 is 28.9 Å². The minimum atomic E-state index is -4.57. The summed E-state index contributed by atoms with van der Waals surface area (Å²) in [6.07, 6.45) is -4.57. The second-order valence-corrected chi connectivity index (χ2v) is 7.56. The molecule has 0 unspecified atom stereocenters.